The summed E-state index contributed by atoms with van der Waals surface area (Å²) in [5, 5.41) is 0. The van der Waals surface area contributed by atoms with Crippen LogP contribution in [0.25, 0.3) is 0 Å². The first-order valence-corrected chi connectivity index (χ1v) is 2.40. The van der Waals surface area contributed by atoms with E-state index in [9.17, 15) is 4.79 Å². The van der Waals surface area contributed by atoms with E-state index < -0.39 is 0 Å². The van der Waals surface area contributed by atoms with Crippen LogP contribution in [0.5, 0.6) is 0 Å². The second-order valence-corrected chi connectivity index (χ2v) is 1.35. The first-order valence-electron chi connectivity index (χ1n) is 2.40. The van der Waals surface area contributed by atoms with Crippen LogP contribution in [0.15, 0.2) is 24.8 Å². The lowest BCUT2D eigenvalue weighted by Crippen LogP contribution is -1.85. The van der Waals surface area contributed by atoms with Crippen molar-refractivity contribution in [2.24, 2.45) is 0 Å². The second kappa shape index (κ2) is 4.31. The predicted octanol–water partition coefficient (Wildman–Crippen LogP) is 1.52. The quantitative estimate of drug-likeness (QED) is 0.502. The van der Waals surface area contributed by atoms with E-state index >= 15 is 0 Å². The molecule has 0 aliphatic carbocycles. The molecule has 1 heteroatoms. The van der Waals surface area contributed by atoms with Gasteiger partial charge in [0.1, 0.15) is 0 Å². The molecule has 0 saturated heterocycles. The molecule has 0 spiro atoms. The molecule has 0 unspecified atom stereocenters. The third kappa shape index (κ3) is 3.34. The van der Waals surface area contributed by atoms with Crippen molar-refractivity contribution in [1.82, 2.24) is 0 Å². The summed E-state index contributed by atoms with van der Waals surface area (Å²) in [6.07, 6.45) is 5.03. The molecule has 8 heavy (non-hydrogen) atoms. The Bertz CT molecular complexity index is 112. The van der Waals surface area contributed by atoms with Crippen molar-refractivity contribution in [2.45, 2.75) is 6.42 Å². The molecule has 0 amide bonds. The fourth-order valence-corrected chi connectivity index (χ4v) is 0.283. The third-order valence-corrected chi connectivity index (χ3v) is 0.713. The van der Waals surface area contributed by atoms with Gasteiger partial charge in [-0.05, 0) is 13.0 Å². The predicted molar refractivity (Wildman–Crippen MR) is 34.3 cm³/mol. The van der Waals surface area contributed by atoms with Gasteiger partial charge in [-0.3, -0.25) is 4.79 Å². The zero-order valence-corrected chi connectivity index (χ0v) is 4.76. The average Bonchev–Trinajstić information content (AvgIpc) is 1.83. The molecule has 0 atom stereocenters. The van der Waals surface area contributed by atoms with Gasteiger partial charge >= 0.3 is 0 Å². The average molecular weight is 109 g/mol. The summed E-state index contributed by atoms with van der Waals surface area (Å²) in [5.74, 6) is 0.0323. The van der Waals surface area contributed by atoms with Crippen LogP contribution in [0.2, 0.25) is 0 Å². The first kappa shape index (κ1) is 7.15. The van der Waals surface area contributed by atoms with Gasteiger partial charge in [0.15, 0.2) is 5.78 Å². The molecule has 0 N–H and O–H groups in total. The summed E-state index contributed by atoms with van der Waals surface area (Å²) < 4.78 is 0. The molecule has 0 aromatic carbocycles. The minimum atomic E-state index is 0.0323. The van der Waals surface area contributed by atoms with Crippen LogP contribution in [0.4, 0.5) is 0 Å². The Kier molecular flexibility index (Phi) is 3.85. The topological polar surface area (TPSA) is 17.1 Å². The molecule has 0 aromatic rings. The van der Waals surface area contributed by atoms with Gasteiger partial charge in [0.25, 0.3) is 0 Å². The summed E-state index contributed by atoms with van der Waals surface area (Å²) >= 11 is 0. The Labute approximate surface area is 49.7 Å². The molecular weight excluding hydrogens is 100 g/mol. The number of hydrogen-bond acceptors (Lipinski definition) is 1. The molecule has 0 rings (SSSR count). The summed E-state index contributed by atoms with van der Waals surface area (Å²) in [4.78, 5) is 10.4. The van der Waals surface area contributed by atoms with E-state index in [1.807, 2.05) is 0 Å². The van der Waals surface area contributed by atoms with Crippen LogP contribution in [0, 0.1) is 6.92 Å². The van der Waals surface area contributed by atoms with E-state index in [-0.39, 0.29) is 5.78 Å². The molecule has 0 fully saturated rings. The highest BCUT2D eigenvalue weighted by molar-refractivity contribution is 5.90. The molecule has 1 radical (unpaired) electrons. The number of carbonyl (C=O) groups is 1. The standard InChI is InChI=1S/C7H9O/c1-3-5-6-7(8)4-2/h3-5H,1-2,6H2. The van der Waals surface area contributed by atoms with Crippen molar-refractivity contribution >= 4 is 5.78 Å². The van der Waals surface area contributed by atoms with Crippen molar-refractivity contribution < 1.29 is 4.79 Å². The Balaban J connectivity index is 3.39. The maximum Gasteiger partial charge on any atom is 0.158 e. The van der Waals surface area contributed by atoms with E-state index in [2.05, 4.69) is 13.5 Å². The van der Waals surface area contributed by atoms with Crippen LogP contribution < -0.4 is 0 Å². The SMILES string of the molecule is [CH2]C=CCC(=O)C=C. The largest absolute Gasteiger partial charge is 0.295 e. The van der Waals surface area contributed by atoms with E-state index in [0.717, 1.165) is 0 Å². The van der Waals surface area contributed by atoms with Crippen LogP contribution in [-0.4, -0.2) is 5.78 Å². The van der Waals surface area contributed by atoms with Gasteiger partial charge in [-0.1, -0.05) is 18.7 Å². The number of allylic oxidation sites excluding steroid dienone is 3. The van der Waals surface area contributed by atoms with Gasteiger partial charge in [0, 0.05) is 6.42 Å². The van der Waals surface area contributed by atoms with Gasteiger partial charge < -0.3 is 0 Å². The van der Waals surface area contributed by atoms with Crippen molar-refractivity contribution in [3.05, 3.63) is 31.7 Å². The van der Waals surface area contributed by atoms with Gasteiger partial charge in [0.05, 0.1) is 0 Å². The minimum absolute atomic E-state index is 0.0323. The van der Waals surface area contributed by atoms with E-state index in [0.29, 0.717) is 6.42 Å². The highest BCUT2D eigenvalue weighted by Gasteiger charge is 1.85. The number of hydrogen-bond donors (Lipinski definition) is 0. The van der Waals surface area contributed by atoms with Gasteiger partial charge in [0.2, 0.25) is 0 Å². The number of ketones is 1. The van der Waals surface area contributed by atoms with Gasteiger partial charge in [-0.2, -0.15) is 0 Å². The van der Waals surface area contributed by atoms with Crippen LogP contribution in [0.1, 0.15) is 6.42 Å². The summed E-state index contributed by atoms with van der Waals surface area (Å²) in [6.45, 7) is 6.73. The molecule has 0 aliphatic rings. The molecule has 0 heterocycles. The van der Waals surface area contributed by atoms with Crippen molar-refractivity contribution in [3.63, 3.8) is 0 Å². The van der Waals surface area contributed by atoms with Crippen molar-refractivity contribution in [3.8, 4) is 0 Å². The monoisotopic (exact) mass is 109 g/mol. The summed E-state index contributed by atoms with van der Waals surface area (Å²) in [5.41, 5.74) is 0. The summed E-state index contributed by atoms with van der Waals surface area (Å²) in [6, 6.07) is 0. The Morgan fingerprint density at radius 2 is 2.25 bits per heavy atom. The Hall–Kier alpha value is -0.850. The zero-order chi connectivity index (χ0) is 6.41. The maximum absolute atomic E-state index is 10.4. The van der Waals surface area contributed by atoms with Gasteiger partial charge in [-0.15, -0.1) is 0 Å². The maximum atomic E-state index is 10.4. The zero-order valence-electron chi connectivity index (χ0n) is 4.76. The van der Waals surface area contributed by atoms with Crippen LogP contribution in [0.3, 0.4) is 0 Å². The van der Waals surface area contributed by atoms with Crippen molar-refractivity contribution in [1.29, 1.82) is 0 Å². The molecule has 1 nitrogen and oxygen atoms in total. The highest BCUT2D eigenvalue weighted by Crippen LogP contribution is 1.84. The Morgan fingerprint density at radius 3 is 2.62 bits per heavy atom. The lowest BCUT2D eigenvalue weighted by Gasteiger charge is -1.80. The fourth-order valence-electron chi connectivity index (χ4n) is 0.283. The Morgan fingerprint density at radius 1 is 1.62 bits per heavy atom. The molecule has 0 aromatic heterocycles. The smallest absolute Gasteiger partial charge is 0.158 e. The number of rotatable bonds is 3. The van der Waals surface area contributed by atoms with E-state index in [4.69, 9.17) is 0 Å². The highest BCUT2D eigenvalue weighted by atomic mass is 16.1. The fraction of sp³-hybridized carbons (Fsp3) is 0.143. The normalized spacial score (nSPS) is 9.62. The molecule has 0 saturated carbocycles. The van der Waals surface area contributed by atoms with E-state index in [1.54, 1.807) is 12.2 Å². The minimum Gasteiger partial charge on any atom is -0.295 e. The lowest BCUT2D eigenvalue weighted by atomic mass is 10.3. The molecule has 0 bridgehead atoms. The molecule has 0 aliphatic heterocycles. The van der Waals surface area contributed by atoms with Crippen LogP contribution >= 0.6 is 0 Å². The second-order valence-electron chi connectivity index (χ2n) is 1.35. The van der Waals surface area contributed by atoms with Crippen LogP contribution in [-0.2, 0) is 4.79 Å². The van der Waals surface area contributed by atoms with Crippen molar-refractivity contribution in [2.75, 3.05) is 0 Å². The lowest BCUT2D eigenvalue weighted by molar-refractivity contribution is -0.113. The van der Waals surface area contributed by atoms with E-state index in [1.165, 1.54) is 6.08 Å². The first-order chi connectivity index (χ1) is 3.81. The number of carbonyl (C=O) groups excluding carboxylic acids is 1. The molecule has 43 valence electrons. The van der Waals surface area contributed by atoms with Gasteiger partial charge in [-0.25, -0.2) is 0 Å². The summed E-state index contributed by atoms with van der Waals surface area (Å²) in [7, 11) is 0. The third-order valence-electron chi connectivity index (χ3n) is 0.713. The molecular formula is C7H9O.